The molecule has 0 saturated heterocycles. The summed E-state index contributed by atoms with van der Waals surface area (Å²) in [6.07, 6.45) is 0. The minimum absolute atomic E-state index is 0.100. The van der Waals surface area contributed by atoms with Crippen molar-refractivity contribution in [3.05, 3.63) is 59.2 Å². The first kappa shape index (κ1) is 15.4. The highest BCUT2D eigenvalue weighted by Gasteiger charge is 2.10. The van der Waals surface area contributed by atoms with Crippen molar-refractivity contribution in [2.45, 2.75) is 13.0 Å². The molecule has 1 heterocycles. The van der Waals surface area contributed by atoms with Gasteiger partial charge in [-0.2, -0.15) is 0 Å². The van der Waals surface area contributed by atoms with Gasteiger partial charge >= 0.3 is 0 Å². The van der Waals surface area contributed by atoms with Gasteiger partial charge in [-0.1, -0.05) is 23.7 Å². The Balaban J connectivity index is 1.99. The Bertz CT molecular complexity index is 834. The number of benzene rings is 2. The summed E-state index contributed by atoms with van der Waals surface area (Å²) >= 11 is 6.15. The van der Waals surface area contributed by atoms with E-state index in [1.807, 2.05) is 48.5 Å². The van der Waals surface area contributed by atoms with Crippen molar-refractivity contribution in [3.8, 4) is 5.75 Å². The molecule has 23 heavy (non-hydrogen) atoms. The van der Waals surface area contributed by atoms with Crippen LogP contribution < -0.4 is 15.8 Å². The van der Waals surface area contributed by atoms with Gasteiger partial charge in [0.25, 0.3) is 0 Å². The smallest absolute Gasteiger partial charge is 0.131 e. The van der Waals surface area contributed by atoms with Crippen LogP contribution in [0.15, 0.2) is 48.5 Å². The first-order chi connectivity index (χ1) is 11.1. The zero-order valence-electron chi connectivity index (χ0n) is 13.0. The molecule has 3 aromatic rings. The largest absolute Gasteiger partial charge is 0.497 e. The van der Waals surface area contributed by atoms with E-state index in [0.29, 0.717) is 5.15 Å². The van der Waals surface area contributed by atoms with Crippen LogP contribution in [0.1, 0.15) is 18.5 Å². The molecule has 4 nitrogen and oxygen atoms in total. The lowest BCUT2D eigenvalue weighted by Gasteiger charge is -2.18. The third kappa shape index (κ3) is 3.32. The molecule has 0 aliphatic rings. The fraction of sp³-hybridized carbons (Fsp3) is 0.167. The maximum atomic E-state index is 6.15. The van der Waals surface area contributed by atoms with Gasteiger partial charge in [0.2, 0.25) is 0 Å². The Morgan fingerprint density at radius 2 is 1.87 bits per heavy atom. The van der Waals surface area contributed by atoms with E-state index in [0.717, 1.165) is 33.6 Å². The number of ether oxygens (including phenoxy) is 1. The van der Waals surface area contributed by atoms with Gasteiger partial charge in [0, 0.05) is 22.8 Å². The van der Waals surface area contributed by atoms with Crippen LogP contribution >= 0.6 is 11.6 Å². The van der Waals surface area contributed by atoms with Gasteiger partial charge in [-0.25, -0.2) is 4.98 Å². The topological polar surface area (TPSA) is 60.2 Å². The minimum atomic E-state index is 0.100. The molecule has 0 aliphatic heterocycles. The second kappa shape index (κ2) is 6.34. The van der Waals surface area contributed by atoms with E-state index in [-0.39, 0.29) is 6.04 Å². The van der Waals surface area contributed by atoms with Gasteiger partial charge in [0.15, 0.2) is 0 Å². The van der Waals surface area contributed by atoms with Gasteiger partial charge in [0.05, 0.1) is 12.6 Å². The van der Waals surface area contributed by atoms with Crippen molar-refractivity contribution < 1.29 is 4.74 Å². The molecule has 1 unspecified atom stereocenters. The summed E-state index contributed by atoms with van der Waals surface area (Å²) in [5.41, 5.74) is 9.38. The van der Waals surface area contributed by atoms with Crippen molar-refractivity contribution in [3.63, 3.8) is 0 Å². The molecule has 0 saturated carbocycles. The monoisotopic (exact) mass is 327 g/mol. The van der Waals surface area contributed by atoms with Gasteiger partial charge in [-0.15, -0.1) is 0 Å². The number of hydrogen-bond donors (Lipinski definition) is 2. The predicted molar refractivity (Wildman–Crippen MR) is 96.2 cm³/mol. The first-order valence-corrected chi connectivity index (χ1v) is 7.71. The van der Waals surface area contributed by atoms with Crippen LogP contribution in [-0.4, -0.2) is 12.1 Å². The van der Waals surface area contributed by atoms with Gasteiger partial charge < -0.3 is 15.8 Å². The van der Waals surface area contributed by atoms with Crippen molar-refractivity contribution in [1.82, 2.24) is 4.98 Å². The molecule has 3 N–H and O–H groups in total. The maximum absolute atomic E-state index is 6.15. The molecular formula is C18H18ClN3O. The number of nitrogen functional groups attached to an aromatic ring is 1. The van der Waals surface area contributed by atoms with Crippen molar-refractivity contribution in [1.29, 1.82) is 0 Å². The number of nitrogens with one attached hydrogen (secondary N) is 1. The fourth-order valence-electron chi connectivity index (χ4n) is 2.52. The molecule has 118 valence electrons. The molecule has 0 radical (unpaired) electrons. The van der Waals surface area contributed by atoms with Crippen LogP contribution in [0.4, 0.5) is 11.4 Å². The minimum Gasteiger partial charge on any atom is -0.497 e. The van der Waals surface area contributed by atoms with Crippen molar-refractivity contribution >= 4 is 33.9 Å². The Morgan fingerprint density at radius 3 is 2.57 bits per heavy atom. The van der Waals surface area contributed by atoms with E-state index in [1.165, 1.54) is 0 Å². The first-order valence-electron chi connectivity index (χ1n) is 7.33. The zero-order chi connectivity index (χ0) is 16.4. The van der Waals surface area contributed by atoms with Crippen molar-refractivity contribution in [2.24, 2.45) is 0 Å². The number of pyridine rings is 1. The standard InChI is InChI=1S/C18H18ClN3O/c1-11(12-3-5-13(20)6-4-12)21-17-10-18(19)22-16-8-7-14(23-2)9-15(16)17/h3-11H,20H2,1-2H3,(H,21,22). The Morgan fingerprint density at radius 1 is 1.13 bits per heavy atom. The second-order valence-corrected chi connectivity index (χ2v) is 5.80. The van der Waals surface area contributed by atoms with Gasteiger partial charge in [0.1, 0.15) is 10.9 Å². The fourth-order valence-corrected chi connectivity index (χ4v) is 2.72. The van der Waals surface area contributed by atoms with E-state index in [1.54, 1.807) is 7.11 Å². The van der Waals surface area contributed by atoms with Crippen LogP contribution in [0.25, 0.3) is 10.9 Å². The average molecular weight is 328 g/mol. The van der Waals surface area contributed by atoms with Gasteiger partial charge in [-0.3, -0.25) is 0 Å². The molecule has 0 spiro atoms. The van der Waals surface area contributed by atoms with Crippen LogP contribution in [-0.2, 0) is 0 Å². The van der Waals surface area contributed by atoms with E-state index in [4.69, 9.17) is 22.1 Å². The number of aromatic nitrogens is 1. The Kier molecular flexibility index (Phi) is 4.26. The molecule has 1 atom stereocenters. The highest BCUT2D eigenvalue weighted by molar-refractivity contribution is 6.30. The van der Waals surface area contributed by atoms with Gasteiger partial charge in [-0.05, 0) is 48.9 Å². The zero-order valence-corrected chi connectivity index (χ0v) is 13.8. The third-order valence-corrected chi connectivity index (χ3v) is 3.99. The molecule has 0 bridgehead atoms. The highest BCUT2D eigenvalue weighted by Crippen LogP contribution is 2.31. The lowest BCUT2D eigenvalue weighted by molar-refractivity contribution is 0.415. The number of halogens is 1. The number of nitrogens with zero attached hydrogens (tertiary/aromatic N) is 1. The molecule has 5 heteroatoms. The summed E-state index contributed by atoms with van der Waals surface area (Å²) in [5, 5.41) is 4.91. The summed E-state index contributed by atoms with van der Waals surface area (Å²) < 4.78 is 5.31. The van der Waals surface area contributed by atoms with Crippen molar-refractivity contribution in [2.75, 3.05) is 18.2 Å². The van der Waals surface area contributed by atoms with E-state index < -0.39 is 0 Å². The Hall–Kier alpha value is -2.46. The number of anilines is 2. The van der Waals surface area contributed by atoms with Crippen LogP contribution in [0, 0.1) is 0 Å². The lowest BCUT2D eigenvalue weighted by atomic mass is 10.1. The molecule has 0 aliphatic carbocycles. The summed E-state index contributed by atoms with van der Waals surface area (Å²) in [4.78, 5) is 4.36. The summed E-state index contributed by atoms with van der Waals surface area (Å²) in [5.74, 6) is 0.782. The van der Waals surface area contributed by atoms with Crippen LogP contribution in [0.3, 0.4) is 0 Å². The lowest BCUT2D eigenvalue weighted by Crippen LogP contribution is -2.07. The number of rotatable bonds is 4. The Labute approximate surface area is 140 Å². The number of hydrogen-bond acceptors (Lipinski definition) is 4. The number of methoxy groups -OCH3 is 1. The normalized spacial score (nSPS) is 12.1. The third-order valence-electron chi connectivity index (χ3n) is 3.79. The average Bonchev–Trinajstić information content (AvgIpc) is 2.55. The quantitative estimate of drug-likeness (QED) is 0.541. The molecular weight excluding hydrogens is 310 g/mol. The van der Waals surface area contributed by atoms with Crippen LogP contribution in [0.2, 0.25) is 5.15 Å². The SMILES string of the molecule is COc1ccc2nc(Cl)cc(NC(C)c3ccc(N)cc3)c2c1. The summed E-state index contributed by atoms with van der Waals surface area (Å²) in [6.45, 7) is 2.09. The van der Waals surface area contributed by atoms with E-state index in [9.17, 15) is 0 Å². The number of fused-ring (bicyclic) bond motifs is 1. The number of nitrogens with two attached hydrogens (primary N) is 1. The summed E-state index contributed by atoms with van der Waals surface area (Å²) in [7, 11) is 1.65. The molecule has 3 rings (SSSR count). The highest BCUT2D eigenvalue weighted by atomic mass is 35.5. The summed E-state index contributed by atoms with van der Waals surface area (Å²) in [6, 6.07) is 15.5. The molecule has 2 aromatic carbocycles. The van der Waals surface area contributed by atoms with E-state index in [2.05, 4.69) is 17.2 Å². The second-order valence-electron chi connectivity index (χ2n) is 5.41. The predicted octanol–water partition coefficient (Wildman–Crippen LogP) is 4.65. The molecule has 0 fully saturated rings. The van der Waals surface area contributed by atoms with Crippen LogP contribution in [0.5, 0.6) is 5.75 Å². The molecule has 0 amide bonds. The van der Waals surface area contributed by atoms with E-state index >= 15 is 0 Å². The molecule has 1 aromatic heterocycles. The maximum Gasteiger partial charge on any atom is 0.131 e.